The Bertz CT molecular complexity index is 154. The van der Waals surface area contributed by atoms with Gasteiger partial charge in [0.05, 0.1) is 0 Å². The SMILES string of the molecule is OC[C@@H]1CNC[C@H]1C1CCCCC1. The van der Waals surface area contributed by atoms with Crippen LogP contribution in [-0.2, 0) is 0 Å². The molecule has 0 spiro atoms. The first kappa shape index (κ1) is 9.47. The largest absolute Gasteiger partial charge is 0.396 e. The fraction of sp³-hybridized carbons (Fsp3) is 1.00. The van der Waals surface area contributed by atoms with E-state index in [9.17, 15) is 5.11 Å². The molecule has 2 rings (SSSR count). The van der Waals surface area contributed by atoms with Gasteiger partial charge < -0.3 is 10.4 Å². The van der Waals surface area contributed by atoms with Crippen molar-refractivity contribution in [2.45, 2.75) is 32.1 Å². The van der Waals surface area contributed by atoms with E-state index in [4.69, 9.17) is 0 Å². The molecular formula is C11H21NO. The lowest BCUT2D eigenvalue weighted by Crippen LogP contribution is -2.26. The van der Waals surface area contributed by atoms with Crippen LogP contribution in [-0.4, -0.2) is 24.8 Å². The molecule has 0 bridgehead atoms. The van der Waals surface area contributed by atoms with Crippen LogP contribution in [0, 0.1) is 17.8 Å². The standard InChI is InChI=1S/C11H21NO/c13-8-10-6-12-7-11(10)9-4-2-1-3-5-9/h9-13H,1-8H2/t10-,11-/m0/s1. The maximum Gasteiger partial charge on any atom is 0.0474 e. The van der Waals surface area contributed by atoms with E-state index >= 15 is 0 Å². The van der Waals surface area contributed by atoms with Crippen molar-refractivity contribution in [3.05, 3.63) is 0 Å². The zero-order valence-corrected chi connectivity index (χ0v) is 8.34. The molecule has 0 radical (unpaired) electrons. The lowest BCUT2D eigenvalue weighted by molar-refractivity contribution is 0.150. The van der Waals surface area contributed by atoms with E-state index in [1.165, 1.54) is 32.1 Å². The molecule has 2 fully saturated rings. The molecule has 1 aliphatic carbocycles. The maximum absolute atomic E-state index is 9.23. The Kier molecular flexibility index (Phi) is 3.23. The van der Waals surface area contributed by atoms with Gasteiger partial charge >= 0.3 is 0 Å². The van der Waals surface area contributed by atoms with Crippen molar-refractivity contribution in [1.82, 2.24) is 5.32 Å². The molecule has 1 saturated carbocycles. The van der Waals surface area contributed by atoms with E-state index in [0.29, 0.717) is 12.5 Å². The van der Waals surface area contributed by atoms with Gasteiger partial charge in [0.2, 0.25) is 0 Å². The summed E-state index contributed by atoms with van der Waals surface area (Å²) in [5, 5.41) is 12.6. The average Bonchev–Trinajstić information content (AvgIpc) is 2.67. The normalized spacial score (nSPS) is 36.7. The fourth-order valence-electron chi connectivity index (χ4n) is 3.07. The Labute approximate surface area is 80.7 Å². The van der Waals surface area contributed by atoms with Crippen molar-refractivity contribution in [1.29, 1.82) is 0 Å². The number of nitrogens with one attached hydrogen (secondary N) is 1. The first-order valence-electron chi connectivity index (χ1n) is 5.73. The summed E-state index contributed by atoms with van der Waals surface area (Å²) in [6.45, 7) is 2.57. The number of hydrogen-bond donors (Lipinski definition) is 2. The second kappa shape index (κ2) is 4.43. The van der Waals surface area contributed by atoms with Gasteiger partial charge in [-0.25, -0.2) is 0 Å². The maximum atomic E-state index is 9.23. The van der Waals surface area contributed by atoms with Gasteiger partial charge in [-0.3, -0.25) is 0 Å². The Morgan fingerprint density at radius 1 is 1.08 bits per heavy atom. The van der Waals surface area contributed by atoms with Gasteiger partial charge in [0, 0.05) is 13.2 Å². The van der Waals surface area contributed by atoms with Crippen LogP contribution in [0.4, 0.5) is 0 Å². The highest BCUT2D eigenvalue weighted by Crippen LogP contribution is 2.35. The molecule has 0 unspecified atom stereocenters. The van der Waals surface area contributed by atoms with E-state index in [1.54, 1.807) is 0 Å². The summed E-state index contributed by atoms with van der Waals surface area (Å²) in [6.07, 6.45) is 7.07. The number of aliphatic hydroxyl groups is 1. The van der Waals surface area contributed by atoms with Crippen molar-refractivity contribution in [3.63, 3.8) is 0 Å². The number of aliphatic hydroxyl groups excluding tert-OH is 1. The predicted octanol–water partition coefficient (Wildman–Crippen LogP) is 1.39. The van der Waals surface area contributed by atoms with E-state index in [1.807, 2.05) is 0 Å². The molecule has 0 aromatic carbocycles. The zero-order valence-electron chi connectivity index (χ0n) is 8.34. The average molecular weight is 183 g/mol. The van der Waals surface area contributed by atoms with E-state index in [2.05, 4.69) is 5.32 Å². The van der Waals surface area contributed by atoms with Crippen molar-refractivity contribution in [2.75, 3.05) is 19.7 Å². The summed E-state index contributed by atoms with van der Waals surface area (Å²) in [7, 11) is 0. The van der Waals surface area contributed by atoms with Crippen LogP contribution in [0.25, 0.3) is 0 Å². The first-order chi connectivity index (χ1) is 6.42. The van der Waals surface area contributed by atoms with Crippen LogP contribution in [0.3, 0.4) is 0 Å². The zero-order chi connectivity index (χ0) is 9.10. The molecule has 13 heavy (non-hydrogen) atoms. The molecule has 2 aliphatic rings. The molecular weight excluding hydrogens is 162 g/mol. The Balaban J connectivity index is 1.90. The van der Waals surface area contributed by atoms with Gasteiger partial charge in [-0.1, -0.05) is 32.1 Å². The molecule has 0 amide bonds. The van der Waals surface area contributed by atoms with Crippen LogP contribution >= 0.6 is 0 Å². The number of hydrogen-bond acceptors (Lipinski definition) is 2. The quantitative estimate of drug-likeness (QED) is 0.678. The van der Waals surface area contributed by atoms with Crippen molar-refractivity contribution < 1.29 is 5.11 Å². The minimum atomic E-state index is 0.383. The fourth-order valence-corrected chi connectivity index (χ4v) is 3.07. The van der Waals surface area contributed by atoms with Crippen LogP contribution in [0.1, 0.15) is 32.1 Å². The third-order valence-electron chi connectivity index (χ3n) is 3.88. The van der Waals surface area contributed by atoms with E-state index in [-0.39, 0.29) is 0 Å². The Morgan fingerprint density at radius 3 is 2.54 bits per heavy atom. The summed E-state index contributed by atoms with van der Waals surface area (Å²) in [5.74, 6) is 2.22. The second-order valence-electron chi connectivity index (χ2n) is 4.66. The molecule has 2 atom stereocenters. The monoisotopic (exact) mass is 183 g/mol. The minimum Gasteiger partial charge on any atom is -0.396 e. The summed E-state index contributed by atoms with van der Waals surface area (Å²) < 4.78 is 0. The van der Waals surface area contributed by atoms with E-state index < -0.39 is 0 Å². The highest BCUT2D eigenvalue weighted by Gasteiger charge is 2.33. The molecule has 0 aromatic rings. The molecule has 0 aromatic heterocycles. The first-order valence-corrected chi connectivity index (χ1v) is 5.73. The molecule has 1 heterocycles. The molecule has 76 valence electrons. The van der Waals surface area contributed by atoms with Crippen LogP contribution < -0.4 is 5.32 Å². The highest BCUT2D eigenvalue weighted by atomic mass is 16.3. The van der Waals surface area contributed by atoms with Crippen LogP contribution in [0.2, 0.25) is 0 Å². The van der Waals surface area contributed by atoms with E-state index in [0.717, 1.165) is 24.9 Å². The smallest absolute Gasteiger partial charge is 0.0474 e. The van der Waals surface area contributed by atoms with Gasteiger partial charge in [-0.2, -0.15) is 0 Å². The van der Waals surface area contributed by atoms with Crippen LogP contribution in [0.15, 0.2) is 0 Å². The lowest BCUT2D eigenvalue weighted by Gasteiger charge is -2.30. The van der Waals surface area contributed by atoms with Crippen LogP contribution in [0.5, 0.6) is 0 Å². The summed E-state index contributed by atoms with van der Waals surface area (Å²) >= 11 is 0. The third-order valence-corrected chi connectivity index (χ3v) is 3.88. The number of rotatable bonds is 2. The summed E-state index contributed by atoms with van der Waals surface area (Å²) in [6, 6.07) is 0. The molecule has 2 heteroatoms. The van der Waals surface area contributed by atoms with Gasteiger partial charge in [-0.15, -0.1) is 0 Å². The van der Waals surface area contributed by atoms with Crippen molar-refractivity contribution in [2.24, 2.45) is 17.8 Å². The molecule has 2 nitrogen and oxygen atoms in total. The second-order valence-corrected chi connectivity index (χ2v) is 4.66. The summed E-state index contributed by atoms with van der Waals surface area (Å²) in [5.41, 5.74) is 0. The van der Waals surface area contributed by atoms with Gasteiger partial charge in [-0.05, 0) is 24.3 Å². The predicted molar refractivity (Wildman–Crippen MR) is 53.5 cm³/mol. The van der Waals surface area contributed by atoms with Crippen molar-refractivity contribution >= 4 is 0 Å². The molecule has 2 N–H and O–H groups in total. The topological polar surface area (TPSA) is 32.3 Å². The van der Waals surface area contributed by atoms with Gasteiger partial charge in [0.15, 0.2) is 0 Å². The molecule has 1 aliphatic heterocycles. The Morgan fingerprint density at radius 2 is 1.85 bits per heavy atom. The third kappa shape index (κ3) is 2.05. The minimum absolute atomic E-state index is 0.383. The Hall–Kier alpha value is -0.0800. The van der Waals surface area contributed by atoms with Gasteiger partial charge in [0.25, 0.3) is 0 Å². The summed E-state index contributed by atoms with van der Waals surface area (Å²) in [4.78, 5) is 0. The molecule has 1 saturated heterocycles. The highest BCUT2D eigenvalue weighted by molar-refractivity contribution is 4.86. The van der Waals surface area contributed by atoms with Crippen molar-refractivity contribution in [3.8, 4) is 0 Å². The lowest BCUT2D eigenvalue weighted by atomic mass is 9.76. The van der Waals surface area contributed by atoms with Gasteiger partial charge in [0.1, 0.15) is 0 Å².